The van der Waals surface area contributed by atoms with Gasteiger partial charge in [-0.05, 0) is 36.4 Å². The predicted molar refractivity (Wildman–Crippen MR) is 89.4 cm³/mol. The number of hydrogen-bond donors (Lipinski definition) is 1. The molecule has 0 saturated heterocycles. The van der Waals surface area contributed by atoms with Crippen LogP contribution in [0.15, 0.2) is 72.8 Å². The van der Waals surface area contributed by atoms with Gasteiger partial charge in [0.05, 0.1) is 11.0 Å². The van der Waals surface area contributed by atoms with Gasteiger partial charge in [-0.3, -0.25) is 0 Å². The molecule has 105 valence electrons. The number of para-hydroxylation sites is 2. The topological polar surface area (TPSA) is 34.4 Å². The highest BCUT2D eigenvalue weighted by molar-refractivity contribution is 6.17. The van der Waals surface area contributed by atoms with Gasteiger partial charge in [0.25, 0.3) is 0 Å². The van der Waals surface area contributed by atoms with Crippen LogP contribution < -0.4 is 4.65 Å². The van der Waals surface area contributed by atoms with E-state index in [1.54, 1.807) is 0 Å². The third-order valence-electron chi connectivity index (χ3n) is 3.86. The van der Waals surface area contributed by atoms with Crippen LogP contribution in [0.5, 0.6) is 5.75 Å². The zero-order chi connectivity index (χ0) is 14.9. The maximum Gasteiger partial charge on any atom is 0.569 e. The van der Waals surface area contributed by atoms with Crippen molar-refractivity contribution in [3.05, 3.63) is 72.8 Å². The third kappa shape index (κ3) is 1.97. The van der Waals surface area contributed by atoms with Crippen molar-refractivity contribution >= 4 is 29.5 Å². The molecule has 0 aliphatic rings. The molecule has 4 rings (SSSR count). The van der Waals surface area contributed by atoms with Gasteiger partial charge in [-0.2, -0.15) is 0 Å². The number of rotatable bonds is 3. The summed E-state index contributed by atoms with van der Waals surface area (Å²) >= 11 is 0. The van der Waals surface area contributed by atoms with Gasteiger partial charge < -0.3 is 14.2 Å². The van der Waals surface area contributed by atoms with Crippen LogP contribution >= 0.6 is 0 Å². The highest BCUT2D eigenvalue weighted by Gasteiger charge is 2.10. The van der Waals surface area contributed by atoms with E-state index in [0.717, 1.165) is 5.69 Å². The molecule has 0 saturated carbocycles. The summed E-state index contributed by atoms with van der Waals surface area (Å²) in [6.45, 7) is 0. The standard InChI is InChI=1S/C18H13BNO2/c21-19-22-14-11-9-13(10-12-14)20-17-7-3-1-5-15(17)16-6-2-4-8-18(16)20/h1-12,21H. The third-order valence-corrected chi connectivity index (χ3v) is 3.86. The number of benzene rings is 3. The first-order valence-electron chi connectivity index (χ1n) is 7.09. The van der Waals surface area contributed by atoms with Crippen LogP contribution in [-0.2, 0) is 0 Å². The van der Waals surface area contributed by atoms with E-state index in [4.69, 9.17) is 9.68 Å². The molecule has 4 aromatic rings. The smallest absolute Gasteiger partial charge is 0.537 e. The molecule has 3 nitrogen and oxygen atoms in total. The van der Waals surface area contributed by atoms with Gasteiger partial charge in [-0.1, -0.05) is 36.4 Å². The molecule has 0 spiro atoms. The quantitative estimate of drug-likeness (QED) is 0.583. The molecule has 0 unspecified atom stereocenters. The summed E-state index contributed by atoms with van der Waals surface area (Å²) in [4.78, 5) is 0. The van der Waals surface area contributed by atoms with Gasteiger partial charge in [0, 0.05) is 16.5 Å². The maximum atomic E-state index is 8.70. The van der Waals surface area contributed by atoms with Crippen LogP contribution in [0, 0.1) is 0 Å². The van der Waals surface area contributed by atoms with Crippen LogP contribution in [0.4, 0.5) is 0 Å². The van der Waals surface area contributed by atoms with Crippen molar-refractivity contribution in [2.24, 2.45) is 0 Å². The van der Waals surface area contributed by atoms with E-state index in [1.165, 1.54) is 21.8 Å². The Bertz CT molecular complexity index is 891. The highest BCUT2D eigenvalue weighted by Crippen LogP contribution is 2.31. The van der Waals surface area contributed by atoms with E-state index in [-0.39, 0.29) is 0 Å². The minimum absolute atomic E-state index is 0.604. The molecule has 0 aliphatic heterocycles. The lowest BCUT2D eigenvalue weighted by Crippen LogP contribution is -2.00. The van der Waals surface area contributed by atoms with Crippen molar-refractivity contribution in [3.8, 4) is 11.4 Å². The average molecular weight is 286 g/mol. The Labute approximate surface area is 128 Å². The normalized spacial score (nSPS) is 11.0. The highest BCUT2D eigenvalue weighted by atomic mass is 16.5. The molecule has 22 heavy (non-hydrogen) atoms. The number of aromatic nitrogens is 1. The molecule has 3 aromatic carbocycles. The lowest BCUT2D eigenvalue weighted by Gasteiger charge is -2.09. The first kappa shape index (κ1) is 13.0. The second-order valence-electron chi connectivity index (χ2n) is 5.09. The fraction of sp³-hybridized carbons (Fsp3) is 0. The Morgan fingerprint density at radius 1 is 0.727 bits per heavy atom. The van der Waals surface area contributed by atoms with E-state index in [0.29, 0.717) is 13.4 Å². The molecule has 4 heteroatoms. The summed E-state index contributed by atoms with van der Waals surface area (Å²) in [6.07, 6.45) is 0. The van der Waals surface area contributed by atoms with Crippen molar-refractivity contribution in [1.82, 2.24) is 4.57 Å². The Morgan fingerprint density at radius 2 is 1.27 bits per heavy atom. The van der Waals surface area contributed by atoms with Crippen LogP contribution in [0.2, 0.25) is 0 Å². The van der Waals surface area contributed by atoms with E-state index in [1.807, 2.05) is 24.3 Å². The van der Waals surface area contributed by atoms with Gasteiger partial charge in [0.2, 0.25) is 0 Å². The van der Waals surface area contributed by atoms with E-state index in [2.05, 4.69) is 53.1 Å². The Kier molecular flexibility index (Phi) is 3.09. The monoisotopic (exact) mass is 286 g/mol. The minimum atomic E-state index is 0.604. The Balaban J connectivity index is 1.99. The first-order valence-corrected chi connectivity index (χ1v) is 7.09. The lowest BCUT2D eigenvalue weighted by atomic mass is 10.2. The zero-order valence-corrected chi connectivity index (χ0v) is 11.8. The summed E-state index contributed by atoms with van der Waals surface area (Å²) in [6, 6.07) is 24.4. The van der Waals surface area contributed by atoms with Crippen molar-refractivity contribution in [2.45, 2.75) is 0 Å². The number of nitrogens with zero attached hydrogens (tertiary/aromatic N) is 1. The molecule has 1 radical (unpaired) electrons. The molecule has 1 aromatic heterocycles. The number of hydrogen-bond acceptors (Lipinski definition) is 2. The summed E-state index contributed by atoms with van der Waals surface area (Å²) < 4.78 is 7.21. The van der Waals surface area contributed by atoms with Gasteiger partial charge in [0.15, 0.2) is 0 Å². The summed E-state index contributed by atoms with van der Waals surface area (Å²) in [5.41, 5.74) is 3.40. The second-order valence-corrected chi connectivity index (χ2v) is 5.09. The second kappa shape index (κ2) is 5.24. The summed E-state index contributed by atoms with van der Waals surface area (Å²) in [7, 11) is 0.690. The lowest BCUT2D eigenvalue weighted by molar-refractivity contribution is 0.454. The molecule has 0 aliphatic carbocycles. The molecular formula is C18H13BNO2. The molecule has 1 N–H and O–H groups in total. The fourth-order valence-electron chi connectivity index (χ4n) is 2.94. The Morgan fingerprint density at radius 3 is 1.82 bits per heavy atom. The summed E-state index contributed by atoms with van der Waals surface area (Å²) in [5, 5.41) is 11.2. The predicted octanol–water partition coefficient (Wildman–Crippen LogP) is 3.69. The summed E-state index contributed by atoms with van der Waals surface area (Å²) in [5.74, 6) is 0.604. The van der Waals surface area contributed by atoms with Crippen LogP contribution in [0.25, 0.3) is 27.5 Å². The zero-order valence-electron chi connectivity index (χ0n) is 11.8. The molecule has 0 bridgehead atoms. The van der Waals surface area contributed by atoms with Crippen LogP contribution in [0.3, 0.4) is 0 Å². The van der Waals surface area contributed by atoms with Crippen molar-refractivity contribution in [3.63, 3.8) is 0 Å². The van der Waals surface area contributed by atoms with Crippen molar-refractivity contribution < 1.29 is 9.68 Å². The number of fused-ring (bicyclic) bond motifs is 3. The van der Waals surface area contributed by atoms with E-state index >= 15 is 0 Å². The van der Waals surface area contributed by atoms with Gasteiger partial charge in [-0.25, -0.2) is 0 Å². The average Bonchev–Trinajstić information content (AvgIpc) is 2.91. The first-order chi connectivity index (χ1) is 10.9. The van der Waals surface area contributed by atoms with Gasteiger partial charge >= 0.3 is 7.69 Å². The SMILES string of the molecule is O[B]Oc1ccc(-n2c3ccccc3c3ccccc32)cc1. The maximum absolute atomic E-state index is 8.70. The molecular weight excluding hydrogens is 273 g/mol. The van der Waals surface area contributed by atoms with Crippen LogP contribution in [0.1, 0.15) is 0 Å². The van der Waals surface area contributed by atoms with Crippen LogP contribution in [-0.4, -0.2) is 17.3 Å². The largest absolute Gasteiger partial charge is 0.569 e. The van der Waals surface area contributed by atoms with Gasteiger partial charge in [0.1, 0.15) is 5.75 Å². The Hall–Kier alpha value is -2.72. The molecule has 0 atom stereocenters. The fourth-order valence-corrected chi connectivity index (χ4v) is 2.94. The van der Waals surface area contributed by atoms with Gasteiger partial charge in [-0.15, -0.1) is 0 Å². The van der Waals surface area contributed by atoms with E-state index in [9.17, 15) is 0 Å². The van der Waals surface area contributed by atoms with E-state index < -0.39 is 0 Å². The van der Waals surface area contributed by atoms with Crippen molar-refractivity contribution in [2.75, 3.05) is 0 Å². The molecule has 1 heterocycles. The minimum Gasteiger partial charge on any atom is -0.537 e. The van der Waals surface area contributed by atoms with Crippen molar-refractivity contribution in [1.29, 1.82) is 0 Å². The molecule has 0 fully saturated rings. The molecule has 0 amide bonds.